The number of anilines is 8. The van der Waals surface area contributed by atoms with Crippen molar-refractivity contribution in [2.45, 2.75) is 49.9 Å². The minimum absolute atomic E-state index is 0. The summed E-state index contributed by atoms with van der Waals surface area (Å²) in [5.41, 5.74) is 13.1. The number of likely N-dealkylation sites (N-methyl/N-ethyl adjacent to an activating group) is 2. The van der Waals surface area contributed by atoms with E-state index in [1.54, 1.807) is 38.4 Å². The predicted octanol–water partition coefficient (Wildman–Crippen LogP) is -3.57. The molecule has 2 aromatic carbocycles. The number of benzene rings is 2. The fourth-order valence-corrected chi connectivity index (χ4v) is 6.83. The van der Waals surface area contributed by atoms with Crippen molar-refractivity contribution in [1.29, 1.82) is 0 Å². The summed E-state index contributed by atoms with van der Waals surface area (Å²) in [5.74, 6) is -5.79. The molecule has 0 radical (unpaired) electrons. The van der Waals surface area contributed by atoms with Gasteiger partial charge in [0.1, 0.15) is 23.5 Å². The summed E-state index contributed by atoms with van der Waals surface area (Å²) in [6, 6.07) is 9.88. The maximum Gasteiger partial charge on any atom is 2.00 e. The van der Waals surface area contributed by atoms with Crippen molar-refractivity contribution in [3.8, 4) is 0 Å². The van der Waals surface area contributed by atoms with Gasteiger partial charge in [-0.2, -0.15) is 9.97 Å². The van der Waals surface area contributed by atoms with Crippen LogP contribution in [0.4, 0.5) is 46.3 Å². The second-order valence-corrected chi connectivity index (χ2v) is 15.1. The van der Waals surface area contributed by atoms with E-state index in [2.05, 4.69) is 51.8 Å². The van der Waals surface area contributed by atoms with Crippen LogP contribution >= 0.6 is 0 Å². The van der Waals surface area contributed by atoms with Crippen LogP contribution in [0.2, 0.25) is 0 Å². The van der Waals surface area contributed by atoms with E-state index in [4.69, 9.17) is 21.7 Å². The van der Waals surface area contributed by atoms with Crippen molar-refractivity contribution in [3.05, 3.63) is 80.4 Å². The Kier molecular flexibility index (Phi) is 18.5. The molecule has 26 nitrogen and oxygen atoms in total. The van der Waals surface area contributed by atoms with Crippen molar-refractivity contribution in [2.75, 3.05) is 82.8 Å². The third-order valence-electron chi connectivity index (χ3n) is 10.5. The number of aliphatic carboxylic acids is 4. The van der Waals surface area contributed by atoms with Crippen molar-refractivity contribution < 1.29 is 49.2 Å². The number of nitrogen functional groups attached to an aromatic ring is 2. The van der Waals surface area contributed by atoms with Crippen molar-refractivity contribution in [2.24, 2.45) is 0 Å². The number of carboxylic acid groups (broad SMARTS) is 4. The van der Waals surface area contributed by atoms with Crippen LogP contribution in [-0.2, 0) is 19.2 Å². The van der Waals surface area contributed by atoms with Gasteiger partial charge in [0.05, 0.1) is 12.1 Å². The first-order valence-electron chi connectivity index (χ1n) is 20.2. The van der Waals surface area contributed by atoms with E-state index in [0.717, 1.165) is 0 Å². The Morgan fingerprint density at radius 1 is 0.672 bits per heavy atom. The molecule has 2 unspecified atom stereocenters. The number of nitrogens with zero attached hydrogens (tertiary/aromatic N) is 4. The summed E-state index contributed by atoms with van der Waals surface area (Å²) in [5, 5.41) is 56.7. The molecule has 4 atom stereocenters. The Bertz CT molecular complexity index is 2380. The van der Waals surface area contributed by atoms with E-state index in [1.165, 1.54) is 24.3 Å². The van der Waals surface area contributed by atoms with Crippen molar-refractivity contribution >= 4 is 120 Å². The number of amides is 2. The zero-order chi connectivity index (χ0) is 48.2. The van der Waals surface area contributed by atoms with Gasteiger partial charge in [-0.15, -0.1) is 0 Å². The van der Waals surface area contributed by atoms with Crippen LogP contribution in [0.1, 0.15) is 46.4 Å². The van der Waals surface area contributed by atoms with Crippen LogP contribution in [0.3, 0.4) is 0 Å². The number of carboxylic acids is 4. The number of fused-ring (bicyclic) bond motifs is 2. The number of hydrogen-bond donors (Lipinski definition) is 12. The number of carbonyl (C=O) groups is 6. The van der Waals surface area contributed by atoms with E-state index in [-0.39, 0.29) is 96.8 Å². The second-order valence-electron chi connectivity index (χ2n) is 15.1. The van der Waals surface area contributed by atoms with Gasteiger partial charge < -0.3 is 83.2 Å². The number of hydrogen-bond acceptors (Lipinski definition) is 20. The molecule has 352 valence electrons. The van der Waals surface area contributed by atoms with Gasteiger partial charge in [0.2, 0.25) is 11.9 Å². The molecular weight excluding hydrogens is 909 g/mol. The molecule has 2 aromatic heterocycles. The van der Waals surface area contributed by atoms with E-state index in [0.29, 0.717) is 60.6 Å². The summed E-state index contributed by atoms with van der Waals surface area (Å²) in [6.45, 7) is 2.00. The van der Waals surface area contributed by atoms with E-state index >= 15 is 0 Å². The SMILES string of the molecule is CN1c2c(nc(N)[nH]c2=O)NC[C@@H]1CNc1ccc(C(=O)NC(CCC(=O)[O-])C(=O)O)cc1.CN1c2c(nc(N)[nH]c2=O)NC[C@@H]1CNc1ccc(C(=O)NC(CCC(=O)[O-])C(=O)O)cc1.[Ca+2]. The molecule has 4 aromatic rings. The monoisotopic (exact) mass is 956 g/mol. The molecule has 0 spiro atoms. The molecule has 14 N–H and O–H groups in total. The Morgan fingerprint density at radius 2 is 1.01 bits per heavy atom. The predicted molar refractivity (Wildman–Crippen MR) is 242 cm³/mol. The normalized spacial score (nSPS) is 15.4. The first-order chi connectivity index (χ1) is 31.3. The molecule has 2 amide bonds. The first kappa shape index (κ1) is 52.3. The van der Waals surface area contributed by atoms with Crippen LogP contribution in [-0.4, -0.2) is 168 Å². The molecule has 6 rings (SSSR count). The summed E-state index contributed by atoms with van der Waals surface area (Å²) in [4.78, 5) is 109. The molecule has 67 heavy (non-hydrogen) atoms. The van der Waals surface area contributed by atoms with Crippen molar-refractivity contribution in [3.63, 3.8) is 0 Å². The minimum atomic E-state index is -1.39. The van der Waals surface area contributed by atoms with Gasteiger partial charge in [0.25, 0.3) is 22.9 Å². The molecule has 0 aliphatic carbocycles. The summed E-state index contributed by atoms with van der Waals surface area (Å²) >= 11 is 0. The minimum Gasteiger partial charge on any atom is -0.550 e. The molecule has 27 heteroatoms. The Morgan fingerprint density at radius 3 is 1.33 bits per heavy atom. The Hall–Kier alpha value is -7.32. The van der Waals surface area contributed by atoms with E-state index in [9.17, 15) is 48.6 Å². The molecule has 2 aliphatic rings. The Balaban J connectivity index is 0.000000288. The molecule has 0 fully saturated rings. The first-order valence-corrected chi connectivity index (χ1v) is 20.2. The molecule has 0 bridgehead atoms. The number of rotatable bonds is 18. The van der Waals surface area contributed by atoms with E-state index in [1.807, 2.05) is 9.80 Å². The van der Waals surface area contributed by atoms with E-state index < -0.39 is 60.6 Å². The van der Waals surface area contributed by atoms with Gasteiger partial charge in [-0.1, -0.05) is 0 Å². The number of nitrogens with one attached hydrogen (secondary N) is 8. The summed E-state index contributed by atoms with van der Waals surface area (Å²) < 4.78 is 0. The van der Waals surface area contributed by atoms with Crippen LogP contribution in [0.15, 0.2) is 58.1 Å². The number of aromatic nitrogens is 4. The number of nitrogens with two attached hydrogens (primary N) is 2. The largest absolute Gasteiger partial charge is 2.00 e. The second kappa shape index (κ2) is 23.7. The van der Waals surface area contributed by atoms with Gasteiger partial charge >= 0.3 is 49.7 Å². The molecule has 0 saturated carbocycles. The van der Waals surface area contributed by atoms with Gasteiger partial charge in [-0.25, -0.2) is 9.59 Å². The molecule has 4 heterocycles. The Labute approximate surface area is 410 Å². The van der Waals surface area contributed by atoms with Gasteiger partial charge in [0, 0.05) is 74.7 Å². The quantitative estimate of drug-likeness (QED) is 0.0429. The molecule has 2 aliphatic heterocycles. The fourth-order valence-electron chi connectivity index (χ4n) is 6.83. The van der Waals surface area contributed by atoms with Crippen LogP contribution < -0.4 is 74.5 Å². The third kappa shape index (κ3) is 14.3. The van der Waals surface area contributed by atoms with Gasteiger partial charge in [-0.05, 0) is 74.2 Å². The summed E-state index contributed by atoms with van der Waals surface area (Å²) in [6.07, 6.45) is -1.52. The molecular formula is C40H48CaN14O12. The topological polar surface area (TPSA) is 411 Å². The average Bonchev–Trinajstić information content (AvgIpc) is 3.25. The van der Waals surface area contributed by atoms with Crippen LogP contribution in [0.25, 0.3) is 0 Å². The maximum atomic E-state index is 12.3. The smallest absolute Gasteiger partial charge is 0.550 e. The van der Waals surface area contributed by atoms with Crippen molar-refractivity contribution in [1.82, 2.24) is 30.6 Å². The van der Waals surface area contributed by atoms with Gasteiger partial charge in [-0.3, -0.25) is 29.1 Å². The zero-order valence-corrected chi connectivity index (χ0v) is 38.4. The van der Waals surface area contributed by atoms with Gasteiger partial charge in [0.15, 0.2) is 11.6 Å². The average molecular weight is 957 g/mol. The zero-order valence-electron chi connectivity index (χ0n) is 36.2. The number of H-pyrrole nitrogens is 2. The number of carbonyl (C=O) groups excluding carboxylic acids is 4. The fraction of sp³-hybridized carbons (Fsp3) is 0.350. The van der Waals surface area contributed by atoms with Crippen LogP contribution in [0, 0.1) is 0 Å². The summed E-state index contributed by atoms with van der Waals surface area (Å²) in [7, 11) is 3.57. The maximum absolute atomic E-state index is 12.3. The van der Waals surface area contributed by atoms with Crippen LogP contribution in [0.5, 0.6) is 0 Å². The standard InChI is InChI=1S/2C20H25N7O6.Ca/c2*1-27-12(9-23-16-15(27)18(31)26-20(21)25-16)8-22-11-4-2-10(3-5-11)17(30)24-13(19(32)33)6-7-14(28)29;/h2*2-5,12-13,22H,6-9H2,1H3,(H,24,30)(H,28,29)(H,32,33)(H4,21,23,25,26,31);/q;;+2/p-2/t2*12-,13?;/m00./s1. The third-order valence-corrected chi connectivity index (χ3v) is 10.5. The number of aromatic amines is 2. The molecule has 0 saturated heterocycles.